The van der Waals surface area contributed by atoms with E-state index in [1.165, 1.54) is 16.1 Å². The smallest absolute Gasteiger partial charge is 0.270 e. The summed E-state index contributed by atoms with van der Waals surface area (Å²) in [5.74, 6) is -0.597. The highest BCUT2D eigenvalue weighted by Crippen LogP contribution is 2.28. The Bertz CT molecular complexity index is 1200. The number of hydroxylamine groups is 1. The van der Waals surface area contributed by atoms with Gasteiger partial charge in [0.25, 0.3) is 5.91 Å². The van der Waals surface area contributed by atoms with E-state index in [1.54, 1.807) is 24.7 Å². The summed E-state index contributed by atoms with van der Waals surface area (Å²) in [6.07, 6.45) is 1.77. The molecule has 1 fully saturated rings. The van der Waals surface area contributed by atoms with Gasteiger partial charge < -0.3 is 9.64 Å². The zero-order valence-corrected chi connectivity index (χ0v) is 21.8. The third kappa shape index (κ3) is 5.47. The van der Waals surface area contributed by atoms with Crippen molar-refractivity contribution >= 4 is 21.6 Å². The van der Waals surface area contributed by atoms with Gasteiger partial charge in [0.2, 0.25) is 10.0 Å². The van der Waals surface area contributed by atoms with Crippen molar-refractivity contribution in [2.24, 2.45) is 0 Å². The Balaban J connectivity index is 1.40. The average molecular weight is 515 g/mol. The molecule has 2 aromatic rings. The maximum absolute atomic E-state index is 13.0. The number of anilines is 1. The van der Waals surface area contributed by atoms with Crippen LogP contribution in [0.15, 0.2) is 65.1 Å². The van der Waals surface area contributed by atoms with Crippen LogP contribution >= 0.6 is 0 Å². The van der Waals surface area contributed by atoms with Gasteiger partial charge in [-0.25, -0.2) is 13.9 Å². The summed E-state index contributed by atoms with van der Waals surface area (Å²) in [4.78, 5) is 16.5. The molecule has 0 aromatic heterocycles. The minimum absolute atomic E-state index is 0.0888. The summed E-state index contributed by atoms with van der Waals surface area (Å²) in [7, 11) is -1.94. The van der Waals surface area contributed by atoms with E-state index in [2.05, 4.69) is 47.9 Å². The first-order valence-electron chi connectivity index (χ1n) is 12.0. The summed E-state index contributed by atoms with van der Waals surface area (Å²) in [5.41, 5.74) is 4.82. The second-order valence-electron chi connectivity index (χ2n) is 9.48. The van der Waals surface area contributed by atoms with E-state index in [0.29, 0.717) is 5.57 Å². The Morgan fingerprint density at radius 2 is 1.53 bits per heavy atom. The van der Waals surface area contributed by atoms with E-state index in [1.807, 2.05) is 12.1 Å². The van der Waals surface area contributed by atoms with E-state index in [4.69, 9.17) is 9.94 Å². The molecule has 0 bridgehead atoms. The standard InChI is InChI=1S/C26H34N4O5S/c1-26(2,35-3)29-18-16-28(17-19-29)23-8-4-20(5-9-23)21-6-10-24(11-7-21)36(33,34)30-14-12-22(13-15-30)25(31)27-32/h4-12,32H,13-19H2,1-3H3,(H,27,31). The van der Waals surface area contributed by atoms with Gasteiger partial charge in [-0.05, 0) is 55.7 Å². The lowest BCUT2D eigenvalue weighted by molar-refractivity contribution is -0.125. The van der Waals surface area contributed by atoms with Crippen molar-refractivity contribution in [1.29, 1.82) is 0 Å². The second-order valence-corrected chi connectivity index (χ2v) is 11.4. The van der Waals surface area contributed by atoms with Crippen molar-refractivity contribution in [3.05, 3.63) is 60.2 Å². The zero-order valence-electron chi connectivity index (χ0n) is 21.0. The molecule has 2 N–H and O–H groups in total. The Kier molecular flexibility index (Phi) is 7.82. The number of nitrogens with zero attached hydrogens (tertiary/aromatic N) is 3. The number of sulfonamides is 1. The first-order valence-corrected chi connectivity index (χ1v) is 13.5. The maximum atomic E-state index is 13.0. The molecule has 2 aliphatic rings. The van der Waals surface area contributed by atoms with E-state index >= 15 is 0 Å². The number of hydrogen-bond acceptors (Lipinski definition) is 7. The van der Waals surface area contributed by atoms with Crippen molar-refractivity contribution < 1.29 is 23.2 Å². The molecule has 36 heavy (non-hydrogen) atoms. The number of hydrogen-bond donors (Lipinski definition) is 2. The van der Waals surface area contributed by atoms with Gasteiger partial charge in [-0.3, -0.25) is 14.9 Å². The Labute approximate surface area is 213 Å². The summed E-state index contributed by atoms with van der Waals surface area (Å²) < 4.78 is 33.0. The van der Waals surface area contributed by atoms with Gasteiger partial charge in [0, 0.05) is 57.6 Å². The molecule has 0 spiro atoms. The summed E-state index contributed by atoms with van der Waals surface area (Å²) in [5, 5.41) is 8.76. The fraction of sp³-hybridized carbons (Fsp3) is 0.423. The van der Waals surface area contributed by atoms with Crippen molar-refractivity contribution in [1.82, 2.24) is 14.7 Å². The maximum Gasteiger partial charge on any atom is 0.270 e. The Morgan fingerprint density at radius 3 is 2.03 bits per heavy atom. The molecule has 0 radical (unpaired) electrons. The number of benzene rings is 2. The molecule has 2 aliphatic heterocycles. The van der Waals surface area contributed by atoms with Gasteiger partial charge in [0.05, 0.1) is 4.90 Å². The first-order chi connectivity index (χ1) is 17.2. The Hall–Kier alpha value is -2.76. The van der Waals surface area contributed by atoms with E-state index in [9.17, 15) is 13.2 Å². The van der Waals surface area contributed by atoms with Crippen molar-refractivity contribution in [3.8, 4) is 11.1 Å². The van der Waals surface area contributed by atoms with Gasteiger partial charge in [-0.1, -0.05) is 30.3 Å². The van der Waals surface area contributed by atoms with Crippen LogP contribution in [0.25, 0.3) is 11.1 Å². The third-order valence-corrected chi connectivity index (χ3v) is 9.04. The predicted octanol–water partition coefficient (Wildman–Crippen LogP) is 2.68. The number of amides is 1. The minimum atomic E-state index is -3.68. The molecule has 0 aliphatic carbocycles. The highest BCUT2D eigenvalue weighted by atomic mass is 32.2. The third-order valence-electron chi connectivity index (χ3n) is 7.16. The number of ether oxygens (including phenoxy) is 1. The van der Waals surface area contributed by atoms with Gasteiger partial charge in [0.15, 0.2) is 0 Å². The number of rotatable bonds is 7. The monoisotopic (exact) mass is 514 g/mol. The highest BCUT2D eigenvalue weighted by Gasteiger charge is 2.30. The molecule has 9 nitrogen and oxygen atoms in total. The van der Waals surface area contributed by atoms with Crippen LogP contribution in [-0.2, 0) is 19.6 Å². The predicted molar refractivity (Wildman–Crippen MR) is 138 cm³/mol. The number of piperazine rings is 1. The van der Waals surface area contributed by atoms with Crippen LogP contribution in [0.1, 0.15) is 20.3 Å². The topological polar surface area (TPSA) is 102 Å². The fourth-order valence-corrected chi connectivity index (χ4v) is 5.99. The van der Waals surface area contributed by atoms with Crippen LogP contribution in [0.3, 0.4) is 0 Å². The molecule has 2 heterocycles. The van der Waals surface area contributed by atoms with Crippen molar-refractivity contribution in [2.75, 3.05) is 51.3 Å². The van der Waals surface area contributed by atoms with Crippen LogP contribution in [-0.4, -0.2) is 80.8 Å². The van der Waals surface area contributed by atoms with E-state index in [-0.39, 0.29) is 30.1 Å². The molecule has 2 aromatic carbocycles. The number of nitrogens with one attached hydrogen (secondary N) is 1. The molecule has 1 amide bonds. The number of methoxy groups -OCH3 is 1. The lowest BCUT2D eigenvalue weighted by Gasteiger charge is -2.43. The molecule has 0 saturated carbocycles. The largest absolute Gasteiger partial charge is 0.369 e. The molecule has 10 heteroatoms. The summed E-state index contributed by atoms with van der Waals surface area (Å²) in [6, 6.07) is 15.2. The van der Waals surface area contributed by atoms with Gasteiger partial charge in [-0.15, -0.1) is 0 Å². The number of carbonyl (C=O) groups is 1. The molecular weight excluding hydrogens is 480 g/mol. The molecule has 0 unspecified atom stereocenters. The normalized spacial score (nSPS) is 18.1. The average Bonchev–Trinajstić information content (AvgIpc) is 2.93. The SMILES string of the molecule is COC(C)(C)N1CCN(c2ccc(-c3ccc(S(=O)(=O)N4CC=C(C(=O)NO)CC4)cc3)cc2)CC1. The Morgan fingerprint density at radius 1 is 0.944 bits per heavy atom. The summed E-state index contributed by atoms with van der Waals surface area (Å²) >= 11 is 0. The van der Waals surface area contributed by atoms with Crippen LogP contribution in [0.2, 0.25) is 0 Å². The quantitative estimate of drug-likeness (QED) is 0.433. The van der Waals surface area contributed by atoms with Gasteiger partial charge >= 0.3 is 0 Å². The van der Waals surface area contributed by atoms with Crippen LogP contribution < -0.4 is 10.4 Å². The summed E-state index contributed by atoms with van der Waals surface area (Å²) in [6.45, 7) is 8.17. The van der Waals surface area contributed by atoms with Gasteiger partial charge in [-0.2, -0.15) is 4.31 Å². The van der Waals surface area contributed by atoms with Crippen LogP contribution in [0.5, 0.6) is 0 Å². The first kappa shape index (κ1) is 26.3. The van der Waals surface area contributed by atoms with Crippen LogP contribution in [0, 0.1) is 0 Å². The lowest BCUT2D eigenvalue weighted by Crippen LogP contribution is -2.55. The highest BCUT2D eigenvalue weighted by molar-refractivity contribution is 7.89. The second kappa shape index (κ2) is 10.7. The van der Waals surface area contributed by atoms with Crippen molar-refractivity contribution in [2.45, 2.75) is 30.9 Å². The van der Waals surface area contributed by atoms with Crippen molar-refractivity contribution in [3.63, 3.8) is 0 Å². The van der Waals surface area contributed by atoms with Crippen LogP contribution in [0.4, 0.5) is 5.69 Å². The number of carbonyl (C=O) groups excluding carboxylic acids is 1. The fourth-order valence-electron chi connectivity index (χ4n) is 4.61. The lowest BCUT2D eigenvalue weighted by atomic mass is 10.1. The molecular formula is C26H34N4O5S. The van der Waals surface area contributed by atoms with E-state index in [0.717, 1.165) is 37.3 Å². The molecule has 194 valence electrons. The minimum Gasteiger partial charge on any atom is -0.369 e. The zero-order chi connectivity index (χ0) is 25.9. The molecule has 1 saturated heterocycles. The van der Waals surface area contributed by atoms with Gasteiger partial charge in [0.1, 0.15) is 5.72 Å². The van der Waals surface area contributed by atoms with E-state index < -0.39 is 15.9 Å². The molecule has 4 rings (SSSR count). The molecule has 0 atom stereocenters.